The average molecular weight is 584 g/mol. The van der Waals surface area contributed by atoms with Crippen LogP contribution in [0.25, 0.3) is 0 Å². The van der Waals surface area contributed by atoms with Gasteiger partial charge in [-0.2, -0.15) is 0 Å². The Morgan fingerprint density at radius 2 is 1.67 bits per heavy atom. The Labute approximate surface area is 254 Å². The molecule has 0 aliphatic heterocycles. The Kier molecular flexibility index (Phi) is 9.04. The van der Waals surface area contributed by atoms with Crippen molar-refractivity contribution >= 4 is 23.8 Å². The zero-order valence-electron chi connectivity index (χ0n) is 25.5. The number of anilines is 1. The fraction of sp³-hybridized carbons (Fsp3) is 0.400. The van der Waals surface area contributed by atoms with E-state index in [1.807, 2.05) is 42.5 Å². The van der Waals surface area contributed by atoms with Crippen molar-refractivity contribution in [1.29, 1.82) is 0 Å². The Bertz CT molecular complexity index is 1470. The molecule has 5 rings (SSSR count). The number of ether oxygens (including phenoxy) is 2. The van der Waals surface area contributed by atoms with E-state index in [9.17, 15) is 14.4 Å². The van der Waals surface area contributed by atoms with Crippen LogP contribution in [0.1, 0.15) is 66.1 Å². The van der Waals surface area contributed by atoms with E-state index >= 15 is 0 Å². The van der Waals surface area contributed by atoms with Gasteiger partial charge in [0.15, 0.2) is 0 Å². The Hall–Kier alpha value is -4.33. The van der Waals surface area contributed by atoms with Gasteiger partial charge in [-0.3, -0.25) is 9.69 Å². The maximum absolute atomic E-state index is 13.3. The quantitative estimate of drug-likeness (QED) is 0.348. The first-order valence-corrected chi connectivity index (χ1v) is 15.0. The van der Waals surface area contributed by atoms with Crippen LogP contribution in [0.3, 0.4) is 0 Å². The van der Waals surface area contributed by atoms with Gasteiger partial charge >= 0.3 is 12.2 Å². The molecule has 3 aromatic carbocycles. The van der Waals surface area contributed by atoms with Crippen molar-refractivity contribution in [1.82, 2.24) is 10.2 Å². The van der Waals surface area contributed by atoms with Crippen molar-refractivity contribution in [3.8, 4) is 5.75 Å². The van der Waals surface area contributed by atoms with Crippen molar-refractivity contribution in [2.45, 2.75) is 63.5 Å². The van der Waals surface area contributed by atoms with E-state index in [0.29, 0.717) is 17.0 Å². The molecular formula is C35H41N3O5. The predicted molar refractivity (Wildman–Crippen MR) is 167 cm³/mol. The molecule has 2 aliphatic carbocycles. The van der Waals surface area contributed by atoms with Gasteiger partial charge in [-0.1, -0.05) is 74.7 Å². The first-order chi connectivity index (χ1) is 20.7. The van der Waals surface area contributed by atoms with Crippen molar-refractivity contribution in [3.05, 3.63) is 95.1 Å². The summed E-state index contributed by atoms with van der Waals surface area (Å²) >= 11 is 0. The normalized spacial score (nSPS) is 20.9. The van der Waals surface area contributed by atoms with Crippen LogP contribution >= 0.6 is 0 Å². The summed E-state index contributed by atoms with van der Waals surface area (Å²) in [5.74, 6) is 0.517. The summed E-state index contributed by atoms with van der Waals surface area (Å²) in [4.78, 5) is 42.0. The minimum atomic E-state index is -0.588. The molecule has 0 saturated heterocycles. The number of carbonyl (C=O) groups excluding carboxylic acids is 3. The number of hydrogen-bond donors (Lipinski definition) is 1. The highest BCUT2D eigenvalue weighted by Crippen LogP contribution is 2.47. The fourth-order valence-corrected chi connectivity index (χ4v) is 6.68. The topological polar surface area (TPSA) is 88.2 Å². The molecule has 0 unspecified atom stereocenters. The molecule has 0 radical (unpaired) electrons. The molecule has 2 bridgehead atoms. The molecule has 8 nitrogen and oxygen atoms in total. The van der Waals surface area contributed by atoms with Gasteiger partial charge in [-0.15, -0.1) is 0 Å². The van der Waals surface area contributed by atoms with Crippen LogP contribution in [0.4, 0.5) is 15.3 Å². The standard InChI is InChI=1S/C35H41N3O5/c1-35-20-12-6-9-15-26(31(35)36-33(40)42-23-24-13-7-5-8-14-24)21-25-18-19-27(22-29(25)35)43-34(41)38(4)30-17-11-10-16-28(30)32(39)37(2)3/h5,7-8,10-11,13-14,16-19,22,26,31H,6,9,12,15,20-21,23H2,1-4H3,(H,36,40)/t26-,31-,35+/m0/s1. The van der Waals surface area contributed by atoms with E-state index in [1.54, 1.807) is 45.4 Å². The highest BCUT2D eigenvalue weighted by molar-refractivity contribution is 6.03. The zero-order chi connectivity index (χ0) is 30.6. The van der Waals surface area contributed by atoms with Crippen LogP contribution in [0.5, 0.6) is 5.75 Å². The van der Waals surface area contributed by atoms with Gasteiger partial charge in [0.25, 0.3) is 5.91 Å². The van der Waals surface area contributed by atoms with Crippen molar-refractivity contribution in [2.75, 3.05) is 26.0 Å². The summed E-state index contributed by atoms with van der Waals surface area (Å²) in [5, 5.41) is 3.25. The molecule has 1 fully saturated rings. The smallest absolute Gasteiger partial charge is 0.419 e. The van der Waals surface area contributed by atoms with Gasteiger partial charge in [0, 0.05) is 32.6 Å². The van der Waals surface area contributed by atoms with Gasteiger partial charge in [-0.05, 0) is 66.1 Å². The molecule has 226 valence electrons. The molecule has 0 spiro atoms. The van der Waals surface area contributed by atoms with Crippen molar-refractivity contribution in [3.63, 3.8) is 0 Å². The third-order valence-electron chi connectivity index (χ3n) is 8.97. The van der Waals surface area contributed by atoms with Crippen LogP contribution in [0, 0.1) is 5.92 Å². The maximum atomic E-state index is 13.3. The zero-order valence-corrected chi connectivity index (χ0v) is 25.5. The summed E-state index contributed by atoms with van der Waals surface area (Å²) in [5.41, 5.74) is 3.78. The number of benzene rings is 3. The number of rotatable bonds is 6. The van der Waals surface area contributed by atoms with Gasteiger partial charge in [0.1, 0.15) is 12.4 Å². The number of para-hydroxylation sites is 1. The minimum Gasteiger partial charge on any atom is -0.445 e. The average Bonchev–Trinajstić information content (AvgIpc) is 3.01. The van der Waals surface area contributed by atoms with Gasteiger partial charge in [-0.25, -0.2) is 9.59 Å². The van der Waals surface area contributed by atoms with Crippen molar-refractivity contribution in [2.24, 2.45) is 5.92 Å². The molecule has 2 aliphatic rings. The molecule has 3 aromatic rings. The van der Waals surface area contributed by atoms with E-state index in [1.165, 1.54) is 15.4 Å². The number of carbonyl (C=O) groups is 3. The van der Waals surface area contributed by atoms with Crippen LogP contribution < -0.4 is 15.0 Å². The van der Waals surface area contributed by atoms with Gasteiger partial charge in [0.05, 0.1) is 11.3 Å². The van der Waals surface area contributed by atoms with Crippen LogP contribution in [0.15, 0.2) is 72.8 Å². The van der Waals surface area contributed by atoms with Gasteiger partial charge < -0.3 is 19.7 Å². The Balaban J connectivity index is 1.37. The second-order valence-corrected chi connectivity index (χ2v) is 12.1. The SMILES string of the molecule is CN(C)C(=O)c1ccccc1N(C)C(=O)Oc1ccc2c(c1)[C@@]1(C)CCCCC[C@@H](C2)[C@@H]1NC(=O)OCc1ccccc1. The molecular weight excluding hydrogens is 542 g/mol. The lowest BCUT2D eigenvalue weighted by atomic mass is 9.59. The lowest BCUT2D eigenvalue weighted by molar-refractivity contribution is 0.0828. The lowest BCUT2D eigenvalue weighted by Gasteiger charge is -2.49. The minimum absolute atomic E-state index is 0.110. The van der Waals surface area contributed by atoms with Crippen LogP contribution in [-0.2, 0) is 23.2 Å². The summed E-state index contributed by atoms with van der Waals surface area (Å²) in [6, 6.07) is 22.4. The van der Waals surface area contributed by atoms with Crippen LogP contribution in [-0.4, -0.2) is 50.2 Å². The molecule has 43 heavy (non-hydrogen) atoms. The highest BCUT2D eigenvalue weighted by Gasteiger charge is 2.47. The molecule has 8 heteroatoms. The number of hydrogen-bond acceptors (Lipinski definition) is 5. The third kappa shape index (κ3) is 6.53. The van der Waals surface area contributed by atoms with Crippen LogP contribution in [0.2, 0.25) is 0 Å². The number of nitrogens with zero attached hydrogens (tertiary/aromatic N) is 2. The molecule has 3 amide bonds. The summed E-state index contributed by atoms with van der Waals surface area (Å²) in [6.07, 6.45) is 5.10. The van der Waals surface area contributed by atoms with E-state index < -0.39 is 12.2 Å². The molecule has 1 saturated carbocycles. The maximum Gasteiger partial charge on any atom is 0.419 e. The van der Waals surface area contributed by atoms with Gasteiger partial charge in [0.2, 0.25) is 0 Å². The first-order valence-electron chi connectivity index (χ1n) is 15.0. The third-order valence-corrected chi connectivity index (χ3v) is 8.97. The molecule has 3 atom stereocenters. The first kappa shape index (κ1) is 30.1. The lowest BCUT2D eigenvalue weighted by Crippen LogP contribution is -2.57. The number of fused-ring (bicyclic) bond motifs is 4. The second-order valence-electron chi connectivity index (χ2n) is 12.1. The molecule has 1 N–H and O–H groups in total. The van der Waals surface area contributed by atoms with E-state index in [4.69, 9.17) is 9.47 Å². The molecule has 0 heterocycles. The summed E-state index contributed by atoms with van der Waals surface area (Å²) in [7, 11) is 4.96. The van der Waals surface area contributed by atoms with E-state index in [0.717, 1.165) is 49.7 Å². The predicted octanol–water partition coefficient (Wildman–Crippen LogP) is 6.71. The monoisotopic (exact) mass is 583 g/mol. The fourth-order valence-electron chi connectivity index (χ4n) is 6.68. The summed E-state index contributed by atoms with van der Waals surface area (Å²) < 4.78 is 11.5. The number of amides is 3. The number of alkyl carbamates (subject to hydrolysis) is 1. The second kappa shape index (κ2) is 12.9. The summed E-state index contributed by atoms with van der Waals surface area (Å²) in [6.45, 7) is 2.43. The van der Waals surface area contributed by atoms with E-state index in [-0.39, 0.29) is 29.9 Å². The Morgan fingerprint density at radius 3 is 2.44 bits per heavy atom. The van der Waals surface area contributed by atoms with E-state index in [2.05, 4.69) is 18.3 Å². The van der Waals surface area contributed by atoms with Crippen molar-refractivity contribution < 1.29 is 23.9 Å². The largest absolute Gasteiger partial charge is 0.445 e. The number of nitrogens with one attached hydrogen (secondary N) is 1. The highest BCUT2D eigenvalue weighted by atomic mass is 16.6. The molecule has 0 aromatic heterocycles. The Morgan fingerprint density at radius 1 is 0.930 bits per heavy atom.